The molecule has 1 rings (SSSR count). The first kappa shape index (κ1) is 15.2. The Kier molecular flexibility index (Phi) is 7.02. The molecule has 102 valence electrons. The number of aromatic nitrogens is 2. The zero-order valence-corrected chi connectivity index (χ0v) is 12.4. The Morgan fingerprint density at radius 1 is 1.22 bits per heavy atom. The molecule has 4 heteroatoms. The second kappa shape index (κ2) is 8.30. The van der Waals surface area contributed by atoms with Gasteiger partial charge in [-0.3, -0.25) is 0 Å². The Labute approximate surface area is 115 Å². The Morgan fingerprint density at radius 3 is 2.67 bits per heavy atom. The maximum Gasteiger partial charge on any atom is 0.137 e. The van der Waals surface area contributed by atoms with Gasteiger partial charge in [0.15, 0.2) is 0 Å². The summed E-state index contributed by atoms with van der Waals surface area (Å²) >= 11 is 6.13. The Hall–Kier alpha value is -0.830. The van der Waals surface area contributed by atoms with Gasteiger partial charge in [0.2, 0.25) is 0 Å². The van der Waals surface area contributed by atoms with Gasteiger partial charge in [0.05, 0.1) is 0 Å². The maximum absolute atomic E-state index is 6.13. The number of anilines is 1. The van der Waals surface area contributed by atoms with Gasteiger partial charge in [-0.25, -0.2) is 9.97 Å². The molecule has 0 spiro atoms. The first-order chi connectivity index (χ1) is 8.69. The van der Waals surface area contributed by atoms with Gasteiger partial charge in [-0.1, -0.05) is 51.1 Å². The third kappa shape index (κ3) is 4.81. The van der Waals surface area contributed by atoms with Gasteiger partial charge in [0, 0.05) is 11.6 Å². The predicted molar refractivity (Wildman–Crippen MR) is 78.3 cm³/mol. The highest BCUT2D eigenvalue weighted by Gasteiger charge is 2.11. The highest BCUT2D eigenvalue weighted by molar-refractivity contribution is 6.30. The summed E-state index contributed by atoms with van der Waals surface area (Å²) in [5.74, 6) is 0.904. The lowest BCUT2D eigenvalue weighted by Gasteiger charge is -2.17. The summed E-state index contributed by atoms with van der Waals surface area (Å²) in [4.78, 5) is 8.38. The van der Waals surface area contributed by atoms with Crippen LogP contribution < -0.4 is 5.32 Å². The lowest BCUT2D eigenvalue weighted by Crippen LogP contribution is -2.17. The molecule has 18 heavy (non-hydrogen) atoms. The van der Waals surface area contributed by atoms with Gasteiger partial charge in [-0.2, -0.15) is 0 Å². The molecule has 0 radical (unpaired) electrons. The summed E-state index contributed by atoms with van der Waals surface area (Å²) in [6.45, 7) is 6.56. The van der Waals surface area contributed by atoms with Gasteiger partial charge in [0.1, 0.15) is 17.3 Å². The third-order valence-corrected chi connectivity index (χ3v) is 3.34. The van der Waals surface area contributed by atoms with Crippen LogP contribution in [0.25, 0.3) is 0 Å². The standard InChI is InChI=1S/C14H24ClN3/c1-4-6-7-9-11(3)18-14-12(8-5-2)13(15)16-10-17-14/h10-11H,4-9H2,1-3H3,(H,16,17,18). The van der Waals surface area contributed by atoms with Crippen LogP contribution in [0.1, 0.15) is 58.4 Å². The van der Waals surface area contributed by atoms with E-state index in [4.69, 9.17) is 11.6 Å². The third-order valence-electron chi connectivity index (χ3n) is 3.02. The summed E-state index contributed by atoms with van der Waals surface area (Å²) in [7, 11) is 0. The molecule has 3 nitrogen and oxygen atoms in total. The zero-order valence-electron chi connectivity index (χ0n) is 11.7. The Balaban J connectivity index is 2.62. The van der Waals surface area contributed by atoms with Crippen molar-refractivity contribution in [1.82, 2.24) is 9.97 Å². The van der Waals surface area contributed by atoms with Crippen LogP contribution in [-0.4, -0.2) is 16.0 Å². The SMILES string of the molecule is CCCCCC(C)Nc1ncnc(Cl)c1CCC. The molecule has 1 aromatic heterocycles. The van der Waals surface area contributed by atoms with Crippen molar-refractivity contribution >= 4 is 17.4 Å². The van der Waals surface area contributed by atoms with E-state index in [2.05, 4.69) is 36.1 Å². The van der Waals surface area contributed by atoms with E-state index < -0.39 is 0 Å². The quantitative estimate of drug-likeness (QED) is 0.559. The molecule has 1 unspecified atom stereocenters. The van der Waals surface area contributed by atoms with E-state index in [-0.39, 0.29) is 0 Å². The molecule has 1 aromatic rings. The average molecular weight is 270 g/mol. The number of nitrogens with zero attached hydrogens (tertiary/aromatic N) is 2. The number of unbranched alkanes of at least 4 members (excludes halogenated alkanes) is 2. The van der Waals surface area contributed by atoms with E-state index in [1.807, 2.05) is 0 Å². The zero-order chi connectivity index (χ0) is 13.4. The van der Waals surface area contributed by atoms with Crippen molar-refractivity contribution in [1.29, 1.82) is 0 Å². The van der Waals surface area contributed by atoms with Crippen molar-refractivity contribution in [2.24, 2.45) is 0 Å². The largest absolute Gasteiger partial charge is 0.367 e. The van der Waals surface area contributed by atoms with Gasteiger partial charge in [0.25, 0.3) is 0 Å². The summed E-state index contributed by atoms with van der Waals surface area (Å²) < 4.78 is 0. The summed E-state index contributed by atoms with van der Waals surface area (Å²) in [5, 5.41) is 4.04. The fourth-order valence-electron chi connectivity index (χ4n) is 1.99. The van der Waals surface area contributed by atoms with E-state index in [9.17, 15) is 0 Å². The molecule has 1 heterocycles. The molecule has 0 saturated heterocycles. The molecular formula is C14H24ClN3. The molecule has 0 fully saturated rings. The van der Waals surface area contributed by atoms with Crippen molar-refractivity contribution in [2.45, 2.75) is 65.3 Å². The van der Waals surface area contributed by atoms with E-state index in [1.165, 1.54) is 32.0 Å². The minimum atomic E-state index is 0.429. The lowest BCUT2D eigenvalue weighted by atomic mass is 10.1. The molecule has 0 aliphatic rings. The number of hydrogen-bond acceptors (Lipinski definition) is 3. The van der Waals surface area contributed by atoms with Crippen molar-refractivity contribution in [2.75, 3.05) is 5.32 Å². The molecule has 0 bridgehead atoms. The molecule has 0 aliphatic carbocycles. The first-order valence-corrected chi connectivity index (χ1v) is 7.32. The van der Waals surface area contributed by atoms with Crippen molar-refractivity contribution in [3.05, 3.63) is 17.0 Å². The minimum Gasteiger partial charge on any atom is -0.367 e. The maximum atomic E-state index is 6.13. The molecule has 1 atom stereocenters. The van der Waals surface area contributed by atoms with Crippen LogP contribution in [0.15, 0.2) is 6.33 Å². The lowest BCUT2D eigenvalue weighted by molar-refractivity contribution is 0.613. The summed E-state index contributed by atoms with van der Waals surface area (Å²) in [6.07, 6.45) is 8.47. The van der Waals surface area contributed by atoms with Gasteiger partial charge >= 0.3 is 0 Å². The van der Waals surface area contributed by atoms with Gasteiger partial charge in [-0.15, -0.1) is 0 Å². The monoisotopic (exact) mass is 269 g/mol. The fourth-order valence-corrected chi connectivity index (χ4v) is 2.22. The number of nitrogens with one attached hydrogen (secondary N) is 1. The number of halogens is 1. The Bertz CT molecular complexity index is 355. The van der Waals surface area contributed by atoms with Crippen LogP contribution in [0.3, 0.4) is 0 Å². The average Bonchev–Trinajstić information content (AvgIpc) is 2.34. The van der Waals surface area contributed by atoms with Crippen LogP contribution >= 0.6 is 11.6 Å². The first-order valence-electron chi connectivity index (χ1n) is 6.94. The van der Waals surface area contributed by atoms with Crippen LogP contribution in [-0.2, 0) is 6.42 Å². The van der Waals surface area contributed by atoms with Crippen molar-refractivity contribution in [3.63, 3.8) is 0 Å². The smallest absolute Gasteiger partial charge is 0.137 e. The topological polar surface area (TPSA) is 37.8 Å². The number of rotatable bonds is 8. The van der Waals surface area contributed by atoms with Crippen LogP contribution in [0.4, 0.5) is 5.82 Å². The second-order valence-corrected chi connectivity index (χ2v) is 5.14. The minimum absolute atomic E-state index is 0.429. The van der Waals surface area contributed by atoms with E-state index in [0.717, 1.165) is 24.2 Å². The molecule has 0 saturated carbocycles. The summed E-state index contributed by atoms with van der Waals surface area (Å²) in [6, 6.07) is 0.429. The fraction of sp³-hybridized carbons (Fsp3) is 0.714. The predicted octanol–water partition coefficient (Wildman–Crippen LogP) is 4.46. The second-order valence-electron chi connectivity index (χ2n) is 4.78. The summed E-state index contributed by atoms with van der Waals surface area (Å²) in [5.41, 5.74) is 1.05. The number of hydrogen-bond donors (Lipinski definition) is 1. The van der Waals surface area contributed by atoms with Crippen LogP contribution in [0, 0.1) is 0 Å². The van der Waals surface area contributed by atoms with Gasteiger partial charge in [-0.05, 0) is 19.8 Å². The van der Waals surface area contributed by atoms with Gasteiger partial charge < -0.3 is 5.32 Å². The molecular weight excluding hydrogens is 246 g/mol. The molecule has 1 N–H and O–H groups in total. The van der Waals surface area contributed by atoms with E-state index in [0.29, 0.717) is 11.2 Å². The van der Waals surface area contributed by atoms with E-state index >= 15 is 0 Å². The van der Waals surface area contributed by atoms with E-state index in [1.54, 1.807) is 0 Å². The van der Waals surface area contributed by atoms with Crippen molar-refractivity contribution < 1.29 is 0 Å². The van der Waals surface area contributed by atoms with Crippen LogP contribution in [0.5, 0.6) is 0 Å². The Morgan fingerprint density at radius 2 is 2.00 bits per heavy atom. The normalized spacial score (nSPS) is 12.4. The highest BCUT2D eigenvalue weighted by Crippen LogP contribution is 2.22. The molecule has 0 amide bonds. The van der Waals surface area contributed by atoms with Crippen LogP contribution in [0.2, 0.25) is 5.15 Å². The highest BCUT2D eigenvalue weighted by atomic mass is 35.5. The molecule has 0 aliphatic heterocycles. The van der Waals surface area contributed by atoms with Crippen molar-refractivity contribution in [3.8, 4) is 0 Å². The molecule has 0 aromatic carbocycles.